The predicted molar refractivity (Wildman–Crippen MR) is 77.7 cm³/mol. The molecule has 1 N–H and O–H groups in total. The van der Waals surface area contributed by atoms with Gasteiger partial charge in [-0.1, -0.05) is 6.07 Å². The molecule has 5 nitrogen and oxygen atoms in total. The van der Waals surface area contributed by atoms with E-state index in [1.54, 1.807) is 18.2 Å². The maximum absolute atomic E-state index is 12.3. The highest BCUT2D eigenvalue weighted by Gasteiger charge is 2.23. The fraction of sp³-hybridized carbons (Fsp3) is 0.455. The Bertz CT molecular complexity index is 639. The normalized spacial score (nSPS) is 15.1. The minimum Gasteiger partial charge on any atom is -0.208 e. The van der Waals surface area contributed by atoms with E-state index in [0.717, 1.165) is 17.8 Å². The fourth-order valence-corrected chi connectivity index (χ4v) is 3.97. The van der Waals surface area contributed by atoms with Crippen LogP contribution in [-0.4, -0.2) is 20.3 Å². The molecule has 1 heterocycles. The molecule has 2 rings (SSSR count). The van der Waals surface area contributed by atoms with Crippen LogP contribution in [0.5, 0.6) is 0 Å². The predicted octanol–water partition coefficient (Wildman–Crippen LogP) is 3.10. The molecule has 0 saturated carbocycles. The second-order valence-electron chi connectivity index (χ2n) is 4.24. The Balaban J connectivity index is 2.22. The summed E-state index contributed by atoms with van der Waals surface area (Å²) in [5, 5.41) is 0. The molecule has 8 heteroatoms. The SMILES string of the molecule is CC(CCCCl)NS(=O)(=O)c1cccc2c1N=S=N2. The monoisotopic (exact) mass is 319 g/mol. The summed E-state index contributed by atoms with van der Waals surface area (Å²) in [5.41, 5.74) is 1.02. The van der Waals surface area contributed by atoms with Crippen LogP contribution in [0.15, 0.2) is 31.8 Å². The highest BCUT2D eigenvalue weighted by molar-refractivity contribution is 7.89. The van der Waals surface area contributed by atoms with Gasteiger partial charge in [-0.15, -0.1) is 11.6 Å². The number of hydrogen-bond acceptors (Lipinski definition) is 4. The third kappa shape index (κ3) is 3.42. The Morgan fingerprint density at radius 3 is 2.95 bits per heavy atom. The van der Waals surface area contributed by atoms with Crippen molar-refractivity contribution in [3.63, 3.8) is 0 Å². The molecule has 0 amide bonds. The number of rotatable bonds is 6. The number of halogens is 1. The Kier molecular flexibility index (Phi) is 4.72. The quantitative estimate of drug-likeness (QED) is 0.831. The van der Waals surface area contributed by atoms with Crippen LogP contribution in [0.1, 0.15) is 19.8 Å². The van der Waals surface area contributed by atoms with Gasteiger partial charge in [-0.25, -0.2) is 13.1 Å². The number of benzene rings is 1. The highest BCUT2D eigenvalue weighted by atomic mass is 35.5. The van der Waals surface area contributed by atoms with Gasteiger partial charge in [0, 0.05) is 11.9 Å². The third-order valence-corrected chi connectivity index (χ3v) is 5.10. The zero-order valence-corrected chi connectivity index (χ0v) is 12.7. The van der Waals surface area contributed by atoms with Gasteiger partial charge in [0.15, 0.2) is 0 Å². The van der Waals surface area contributed by atoms with Crippen LogP contribution >= 0.6 is 11.6 Å². The number of nitrogens with zero attached hydrogens (tertiary/aromatic N) is 2. The standard InChI is InChI=1S/C11H14ClN3O2S2/c1-8(4-3-7-12)15-19(16,17)10-6-2-5-9-11(10)14-18-13-9/h2,5-6,8,15H,3-4,7H2,1H3. The van der Waals surface area contributed by atoms with Gasteiger partial charge in [0.1, 0.15) is 16.3 Å². The summed E-state index contributed by atoms with van der Waals surface area (Å²) >= 11 is 6.61. The summed E-state index contributed by atoms with van der Waals surface area (Å²) in [4.78, 5) is 0.177. The maximum atomic E-state index is 12.3. The molecule has 0 fully saturated rings. The summed E-state index contributed by atoms with van der Waals surface area (Å²) in [6.07, 6.45) is 1.47. The molecule has 0 saturated heterocycles. The summed E-state index contributed by atoms with van der Waals surface area (Å²) < 4.78 is 35.3. The van der Waals surface area contributed by atoms with E-state index in [0.29, 0.717) is 23.7 Å². The van der Waals surface area contributed by atoms with Gasteiger partial charge >= 0.3 is 0 Å². The Labute approximate surface area is 121 Å². The molecular weight excluding hydrogens is 306 g/mol. The highest BCUT2D eigenvalue weighted by Crippen LogP contribution is 2.37. The third-order valence-electron chi connectivity index (χ3n) is 2.67. The van der Waals surface area contributed by atoms with Crippen LogP contribution in [0.2, 0.25) is 0 Å². The van der Waals surface area contributed by atoms with Gasteiger partial charge in [-0.2, -0.15) is 8.73 Å². The zero-order chi connectivity index (χ0) is 13.9. The van der Waals surface area contributed by atoms with E-state index in [9.17, 15) is 8.42 Å². The molecule has 1 aromatic rings. The van der Waals surface area contributed by atoms with Crippen molar-refractivity contribution >= 4 is 44.4 Å². The number of fused-ring (bicyclic) bond motifs is 1. The average molecular weight is 320 g/mol. The molecule has 1 aromatic carbocycles. The van der Waals surface area contributed by atoms with Gasteiger partial charge in [0.05, 0.1) is 11.4 Å². The molecule has 0 bridgehead atoms. The second kappa shape index (κ2) is 6.13. The van der Waals surface area contributed by atoms with E-state index in [-0.39, 0.29) is 10.9 Å². The van der Waals surface area contributed by atoms with E-state index in [1.165, 1.54) is 0 Å². The van der Waals surface area contributed by atoms with Crippen molar-refractivity contribution in [2.75, 3.05) is 5.88 Å². The molecule has 0 aliphatic carbocycles. The largest absolute Gasteiger partial charge is 0.243 e. The van der Waals surface area contributed by atoms with Crippen molar-refractivity contribution in [2.24, 2.45) is 8.73 Å². The van der Waals surface area contributed by atoms with Crippen molar-refractivity contribution < 1.29 is 8.42 Å². The molecule has 0 radical (unpaired) electrons. The van der Waals surface area contributed by atoms with Crippen LogP contribution in [0.4, 0.5) is 11.4 Å². The summed E-state index contributed by atoms with van der Waals surface area (Å²) in [6, 6.07) is 4.79. The van der Waals surface area contributed by atoms with Crippen molar-refractivity contribution in [1.29, 1.82) is 0 Å². The van der Waals surface area contributed by atoms with Crippen LogP contribution in [-0.2, 0) is 21.4 Å². The van der Waals surface area contributed by atoms with Crippen LogP contribution in [0.25, 0.3) is 0 Å². The maximum Gasteiger partial charge on any atom is 0.243 e. The molecule has 1 unspecified atom stereocenters. The van der Waals surface area contributed by atoms with E-state index in [4.69, 9.17) is 11.6 Å². The zero-order valence-electron chi connectivity index (χ0n) is 10.3. The Hall–Kier alpha value is -0.760. The summed E-state index contributed by atoms with van der Waals surface area (Å²) in [5.74, 6) is 0.525. The number of nitrogens with one attached hydrogen (secondary N) is 1. The molecule has 19 heavy (non-hydrogen) atoms. The number of sulfonamides is 1. The molecule has 0 aromatic heterocycles. The first-order valence-electron chi connectivity index (χ1n) is 5.84. The Morgan fingerprint density at radius 2 is 2.21 bits per heavy atom. The first kappa shape index (κ1) is 14.6. The molecule has 1 atom stereocenters. The molecule has 1 aliphatic heterocycles. The molecule has 104 valence electrons. The fourth-order valence-electron chi connectivity index (χ4n) is 1.77. The van der Waals surface area contributed by atoms with E-state index in [1.807, 2.05) is 6.92 Å². The van der Waals surface area contributed by atoms with Crippen molar-refractivity contribution in [2.45, 2.75) is 30.7 Å². The van der Waals surface area contributed by atoms with Crippen LogP contribution < -0.4 is 4.72 Å². The summed E-state index contributed by atoms with van der Waals surface area (Å²) in [6.45, 7) is 1.82. The molecule has 1 aliphatic rings. The lowest BCUT2D eigenvalue weighted by Gasteiger charge is -2.14. The van der Waals surface area contributed by atoms with E-state index in [2.05, 4.69) is 13.4 Å². The Morgan fingerprint density at radius 1 is 1.42 bits per heavy atom. The lowest BCUT2D eigenvalue weighted by atomic mass is 10.2. The first-order chi connectivity index (χ1) is 9.04. The number of hydrogen-bond donors (Lipinski definition) is 1. The minimum absolute atomic E-state index is 0.161. The van der Waals surface area contributed by atoms with Crippen molar-refractivity contribution in [3.8, 4) is 0 Å². The van der Waals surface area contributed by atoms with Gasteiger partial charge in [0.25, 0.3) is 0 Å². The molecule has 0 spiro atoms. The van der Waals surface area contributed by atoms with Gasteiger partial charge in [-0.05, 0) is 31.9 Å². The van der Waals surface area contributed by atoms with Crippen LogP contribution in [0, 0.1) is 0 Å². The summed E-state index contributed by atoms with van der Waals surface area (Å²) in [7, 11) is -3.58. The van der Waals surface area contributed by atoms with Crippen molar-refractivity contribution in [3.05, 3.63) is 18.2 Å². The number of alkyl halides is 1. The van der Waals surface area contributed by atoms with Gasteiger partial charge < -0.3 is 0 Å². The first-order valence-corrected chi connectivity index (χ1v) is 8.59. The lowest BCUT2D eigenvalue weighted by molar-refractivity contribution is 0.545. The minimum atomic E-state index is -3.58. The average Bonchev–Trinajstić information content (AvgIpc) is 2.83. The lowest BCUT2D eigenvalue weighted by Crippen LogP contribution is -2.32. The van der Waals surface area contributed by atoms with Gasteiger partial charge in [-0.3, -0.25) is 0 Å². The second-order valence-corrected chi connectivity index (χ2v) is 6.83. The van der Waals surface area contributed by atoms with Crippen LogP contribution in [0.3, 0.4) is 0 Å². The molecular formula is C11H14ClN3O2S2. The van der Waals surface area contributed by atoms with E-state index >= 15 is 0 Å². The topological polar surface area (TPSA) is 70.9 Å². The van der Waals surface area contributed by atoms with Gasteiger partial charge in [0.2, 0.25) is 10.0 Å². The van der Waals surface area contributed by atoms with Crippen molar-refractivity contribution in [1.82, 2.24) is 4.72 Å². The smallest absolute Gasteiger partial charge is 0.208 e. The van der Waals surface area contributed by atoms with E-state index < -0.39 is 10.0 Å².